The lowest BCUT2D eigenvalue weighted by atomic mass is 10.1. The van der Waals surface area contributed by atoms with Gasteiger partial charge in [-0.15, -0.1) is 0 Å². The molecule has 19 heavy (non-hydrogen) atoms. The van der Waals surface area contributed by atoms with Crippen molar-refractivity contribution >= 4 is 0 Å². The van der Waals surface area contributed by atoms with E-state index in [0.717, 1.165) is 30.5 Å². The number of nitrogens with zero attached hydrogens (tertiary/aromatic N) is 2. The summed E-state index contributed by atoms with van der Waals surface area (Å²) in [4.78, 5) is 11.7. The summed E-state index contributed by atoms with van der Waals surface area (Å²) >= 11 is 0. The summed E-state index contributed by atoms with van der Waals surface area (Å²) in [5.41, 5.74) is 7.26. The highest BCUT2D eigenvalue weighted by atomic mass is 16.1. The number of benzene rings is 1. The highest BCUT2D eigenvalue weighted by Crippen LogP contribution is 2.14. The molecule has 4 nitrogen and oxygen atoms in total. The Morgan fingerprint density at radius 3 is 2.53 bits per heavy atom. The summed E-state index contributed by atoms with van der Waals surface area (Å²) in [5, 5.41) is 4.41. The molecule has 0 saturated carbocycles. The van der Waals surface area contributed by atoms with E-state index in [-0.39, 0.29) is 5.56 Å². The maximum Gasteiger partial charge on any atom is 0.266 e. The first-order chi connectivity index (χ1) is 9.31. The van der Waals surface area contributed by atoms with Crippen molar-refractivity contribution in [2.45, 2.75) is 25.8 Å². The molecule has 0 aliphatic rings. The van der Waals surface area contributed by atoms with E-state index in [4.69, 9.17) is 5.73 Å². The number of rotatable bonds is 6. The van der Waals surface area contributed by atoms with Gasteiger partial charge in [-0.3, -0.25) is 4.79 Å². The van der Waals surface area contributed by atoms with Gasteiger partial charge in [0.05, 0.1) is 5.69 Å². The second kappa shape index (κ2) is 6.85. The van der Waals surface area contributed by atoms with Crippen molar-refractivity contribution in [2.24, 2.45) is 5.73 Å². The van der Waals surface area contributed by atoms with Crippen LogP contribution in [0.25, 0.3) is 11.3 Å². The third kappa shape index (κ3) is 3.76. The van der Waals surface area contributed by atoms with Crippen molar-refractivity contribution in [2.75, 3.05) is 6.54 Å². The predicted octanol–water partition coefficient (Wildman–Crippen LogP) is 2.04. The van der Waals surface area contributed by atoms with Crippen LogP contribution < -0.4 is 11.3 Å². The lowest BCUT2D eigenvalue weighted by Gasteiger charge is -2.06. The van der Waals surface area contributed by atoms with E-state index in [2.05, 4.69) is 5.10 Å². The monoisotopic (exact) mass is 257 g/mol. The van der Waals surface area contributed by atoms with Crippen molar-refractivity contribution < 1.29 is 0 Å². The maximum atomic E-state index is 11.7. The SMILES string of the molecule is NCCCCCn1nc(-c2ccccc2)ccc1=O. The molecule has 0 fully saturated rings. The Kier molecular flexibility index (Phi) is 4.86. The van der Waals surface area contributed by atoms with E-state index in [1.165, 1.54) is 0 Å². The zero-order valence-electron chi connectivity index (χ0n) is 11.0. The minimum atomic E-state index is -0.0487. The van der Waals surface area contributed by atoms with E-state index < -0.39 is 0 Å². The smallest absolute Gasteiger partial charge is 0.266 e. The molecule has 1 heterocycles. The number of aryl methyl sites for hydroxylation is 1. The van der Waals surface area contributed by atoms with E-state index in [1.54, 1.807) is 16.8 Å². The van der Waals surface area contributed by atoms with Crippen LogP contribution in [0.1, 0.15) is 19.3 Å². The molecule has 2 aromatic rings. The summed E-state index contributed by atoms with van der Waals surface area (Å²) in [5.74, 6) is 0. The minimum Gasteiger partial charge on any atom is -0.330 e. The molecule has 0 aliphatic carbocycles. The Hall–Kier alpha value is -1.94. The third-order valence-corrected chi connectivity index (χ3v) is 3.01. The molecule has 2 N–H and O–H groups in total. The first-order valence-corrected chi connectivity index (χ1v) is 6.65. The minimum absolute atomic E-state index is 0.0487. The van der Waals surface area contributed by atoms with Crippen LogP contribution in [-0.4, -0.2) is 16.3 Å². The topological polar surface area (TPSA) is 60.9 Å². The van der Waals surface area contributed by atoms with Gasteiger partial charge in [-0.05, 0) is 25.5 Å². The van der Waals surface area contributed by atoms with Gasteiger partial charge in [-0.25, -0.2) is 4.68 Å². The van der Waals surface area contributed by atoms with Crippen molar-refractivity contribution in [3.05, 3.63) is 52.8 Å². The van der Waals surface area contributed by atoms with Crippen LogP contribution in [-0.2, 0) is 6.54 Å². The molecule has 0 saturated heterocycles. The average Bonchev–Trinajstić information content (AvgIpc) is 2.46. The average molecular weight is 257 g/mol. The molecule has 0 unspecified atom stereocenters. The fourth-order valence-corrected chi connectivity index (χ4v) is 1.95. The van der Waals surface area contributed by atoms with Gasteiger partial charge in [0.1, 0.15) is 0 Å². The molecule has 0 spiro atoms. The number of hydrogen-bond donors (Lipinski definition) is 1. The normalized spacial score (nSPS) is 10.6. The molecule has 0 amide bonds. The predicted molar refractivity (Wildman–Crippen MR) is 76.8 cm³/mol. The molecule has 0 aliphatic heterocycles. The highest BCUT2D eigenvalue weighted by Gasteiger charge is 2.02. The first-order valence-electron chi connectivity index (χ1n) is 6.65. The Labute approximate surface area is 112 Å². The Morgan fingerprint density at radius 2 is 1.79 bits per heavy atom. The molecular weight excluding hydrogens is 238 g/mol. The van der Waals surface area contributed by atoms with Crippen molar-refractivity contribution in [3.63, 3.8) is 0 Å². The third-order valence-electron chi connectivity index (χ3n) is 3.01. The Morgan fingerprint density at radius 1 is 1.00 bits per heavy atom. The molecule has 2 rings (SSSR count). The van der Waals surface area contributed by atoms with E-state index in [1.807, 2.05) is 30.3 Å². The van der Waals surface area contributed by atoms with Crippen LogP contribution in [0.3, 0.4) is 0 Å². The molecule has 0 radical (unpaired) electrons. The maximum absolute atomic E-state index is 11.7. The fourth-order valence-electron chi connectivity index (χ4n) is 1.95. The zero-order chi connectivity index (χ0) is 13.5. The Bertz CT molecular complexity index is 563. The van der Waals surface area contributed by atoms with Crippen LogP contribution in [0.4, 0.5) is 0 Å². The van der Waals surface area contributed by atoms with Gasteiger partial charge in [-0.2, -0.15) is 5.10 Å². The summed E-state index contributed by atoms with van der Waals surface area (Å²) in [6.07, 6.45) is 2.95. The second-order valence-corrected chi connectivity index (χ2v) is 4.50. The fraction of sp³-hybridized carbons (Fsp3) is 0.333. The number of nitrogens with two attached hydrogens (primary N) is 1. The van der Waals surface area contributed by atoms with Crippen molar-refractivity contribution in [1.82, 2.24) is 9.78 Å². The second-order valence-electron chi connectivity index (χ2n) is 4.50. The summed E-state index contributed by atoms with van der Waals surface area (Å²) in [6.45, 7) is 1.35. The van der Waals surface area contributed by atoms with Gasteiger partial charge in [-0.1, -0.05) is 36.8 Å². The Balaban J connectivity index is 2.13. The molecular formula is C15H19N3O. The standard InChI is InChI=1S/C15H19N3O/c16-11-5-2-6-12-18-15(19)10-9-14(17-18)13-7-3-1-4-8-13/h1,3-4,7-10H,2,5-6,11-12,16H2. The summed E-state index contributed by atoms with van der Waals surface area (Å²) in [7, 11) is 0. The van der Waals surface area contributed by atoms with Crippen LogP contribution in [0.2, 0.25) is 0 Å². The van der Waals surface area contributed by atoms with E-state index >= 15 is 0 Å². The lowest BCUT2D eigenvalue weighted by molar-refractivity contribution is 0.525. The summed E-state index contributed by atoms with van der Waals surface area (Å²) in [6, 6.07) is 13.2. The van der Waals surface area contributed by atoms with Gasteiger partial charge in [0.2, 0.25) is 0 Å². The zero-order valence-corrected chi connectivity index (χ0v) is 11.0. The van der Waals surface area contributed by atoms with Gasteiger partial charge >= 0.3 is 0 Å². The summed E-state index contributed by atoms with van der Waals surface area (Å²) < 4.78 is 1.54. The largest absolute Gasteiger partial charge is 0.330 e. The molecule has 0 bridgehead atoms. The molecule has 4 heteroatoms. The van der Waals surface area contributed by atoms with Gasteiger partial charge in [0.25, 0.3) is 5.56 Å². The van der Waals surface area contributed by atoms with E-state index in [0.29, 0.717) is 13.1 Å². The van der Waals surface area contributed by atoms with Gasteiger partial charge in [0, 0.05) is 18.2 Å². The first kappa shape index (κ1) is 13.5. The quantitative estimate of drug-likeness (QED) is 0.805. The van der Waals surface area contributed by atoms with Gasteiger partial charge < -0.3 is 5.73 Å². The van der Waals surface area contributed by atoms with Crippen molar-refractivity contribution in [1.29, 1.82) is 0 Å². The van der Waals surface area contributed by atoms with Crippen LogP contribution >= 0.6 is 0 Å². The van der Waals surface area contributed by atoms with Crippen LogP contribution in [0.5, 0.6) is 0 Å². The van der Waals surface area contributed by atoms with Gasteiger partial charge in [0.15, 0.2) is 0 Å². The molecule has 0 atom stereocenters. The van der Waals surface area contributed by atoms with Crippen LogP contribution in [0, 0.1) is 0 Å². The lowest BCUT2D eigenvalue weighted by Crippen LogP contribution is -2.22. The van der Waals surface area contributed by atoms with Crippen molar-refractivity contribution in [3.8, 4) is 11.3 Å². The number of aromatic nitrogens is 2. The highest BCUT2D eigenvalue weighted by molar-refractivity contribution is 5.57. The molecule has 1 aromatic heterocycles. The number of hydrogen-bond acceptors (Lipinski definition) is 3. The molecule has 100 valence electrons. The number of unbranched alkanes of at least 4 members (excludes halogenated alkanes) is 2. The van der Waals surface area contributed by atoms with E-state index in [9.17, 15) is 4.79 Å². The molecule has 1 aromatic carbocycles. The van der Waals surface area contributed by atoms with Crippen LogP contribution in [0.15, 0.2) is 47.3 Å².